The molecule has 3 N–H and O–H groups in total. The quantitative estimate of drug-likeness (QED) is 0.542. The molecule has 0 radical (unpaired) electrons. The zero-order valence-corrected chi connectivity index (χ0v) is 15.5. The highest BCUT2D eigenvalue weighted by atomic mass is 16.5. The average Bonchev–Trinajstić information content (AvgIpc) is 3.15. The first kappa shape index (κ1) is 20.0. The van der Waals surface area contributed by atoms with E-state index in [2.05, 4.69) is 31.5 Å². The minimum atomic E-state index is -0.996. The second kappa shape index (κ2) is 8.88. The zero-order valence-electron chi connectivity index (χ0n) is 15.5. The first-order valence-electron chi connectivity index (χ1n) is 8.38. The Hall–Kier alpha value is -3.29. The predicted molar refractivity (Wildman–Crippen MR) is 97.5 cm³/mol. The van der Waals surface area contributed by atoms with E-state index in [0.717, 1.165) is 5.56 Å². The van der Waals surface area contributed by atoms with Crippen molar-refractivity contribution >= 4 is 17.7 Å². The fraction of sp³-hybridized carbons (Fsp3) is 0.316. The molecule has 2 rings (SSSR count). The molecule has 0 aliphatic rings. The molecule has 1 heterocycles. The standard InChI is InChI=1S/C19H23N3O5/c1-19(2,3)13-6-8-14(9-7-13)27-12-16(23)21-22-18(25)17(24)20-11-15-5-4-10-26-15/h4-10H,11-12H2,1-3H3,(H,20,24)(H,21,23)(H,22,25). The number of hydrogen-bond donors (Lipinski definition) is 3. The molecular weight excluding hydrogens is 350 g/mol. The van der Waals surface area contributed by atoms with E-state index in [9.17, 15) is 14.4 Å². The lowest BCUT2D eigenvalue weighted by molar-refractivity contribution is -0.141. The van der Waals surface area contributed by atoms with Crippen molar-refractivity contribution < 1.29 is 23.5 Å². The van der Waals surface area contributed by atoms with Gasteiger partial charge in [-0.25, -0.2) is 0 Å². The van der Waals surface area contributed by atoms with Crippen LogP contribution in [0.15, 0.2) is 47.1 Å². The van der Waals surface area contributed by atoms with E-state index in [1.54, 1.807) is 24.3 Å². The topological polar surface area (TPSA) is 110 Å². The number of nitrogens with one attached hydrogen (secondary N) is 3. The van der Waals surface area contributed by atoms with Crippen LogP contribution in [0.5, 0.6) is 5.75 Å². The molecule has 1 aromatic carbocycles. The van der Waals surface area contributed by atoms with Gasteiger partial charge in [0.05, 0.1) is 12.8 Å². The number of carbonyl (C=O) groups is 3. The molecule has 144 valence electrons. The van der Waals surface area contributed by atoms with Gasteiger partial charge in [0.1, 0.15) is 11.5 Å². The molecule has 0 saturated heterocycles. The van der Waals surface area contributed by atoms with Crippen molar-refractivity contribution in [3.8, 4) is 5.75 Å². The average molecular weight is 373 g/mol. The van der Waals surface area contributed by atoms with Gasteiger partial charge in [-0.15, -0.1) is 0 Å². The summed E-state index contributed by atoms with van der Waals surface area (Å²) in [6.07, 6.45) is 1.46. The van der Waals surface area contributed by atoms with Crippen molar-refractivity contribution in [2.75, 3.05) is 6.61 Å². The van der Waals surface area contributed by atoms with Crippen LogP contribution >= 0.6 is 0 Å². The second-order valence-corrected chi connectivity index (χ2v) is 6.83. The van der Waals surface area contributed by atoms with E-state index in [0.29, 0.717) is 11.5 Å². The molecule has 0 aliphatic carbocycles. The Morgan fingerprint density at radius 2 is 1.70 bits per heavy atom. The summed E-state index contributed by atoms with van der Waals surface area (Å²) in [5, 5.41) is 2.36. The highest BCUT2D eigenvalue weighted by Crippen LogP contribution is 2.24. The maximum Gasteiger partial charge on any atom is 0.327 e. The number of benzene rings is 1. The Morgan fingerprint density at radius 3 is 2.30 bits per heavy atom. The Bertz CT molecular complexity index is 777. The van der Waals surface area contributed by atoms with E-state index >= 15 is 0 Å². The molecule has 0 atom stereocenters. The van der Waals surface area contributed by atoms with Crippen molar-refractivity contribution in [3.63, 3.8) is 0 Å². The largest absolute Gasteiger partial charge is 0.484 e. The molecule has 0 spiro atoms. The van der Waals surface area contributed by atoms with Crippen LogP contribution in [0.1, 0.15) is 32.1 Å². The van der Waals surface area contributed by atoms with E-state index in [4.69, 9.17) is 9.15 Å². The van der Waals surface area contributed by atoms with Crippen molar-refractivity contribution in [2.24, 2.45) is 0 Å². The Kier molecular flexibility index (Phi) is 6.59. The lowest BCUT2D eigenvalue weighted by Crippen LogP contribution is -2.49. The molecule has 8 heteroatoms. The normalized spacial score (nSPS) is 10.8. The molecular formula is C19H23N3O5. The lowest BCUT2D eigenvalue weighted by atomic mass is 9.87. The van der Waals surface area contributed by atoms with E-state index in [-0.39, 0.29) is 18.6 Å². The summed E-state index contributed by atoms with van der Waals surface area (Å²) in [7, 11) is 0. The molecule has 0 bridgehead atoms. The van der Waals surface area contributed by atoms with E-state index in [1.807, 2.05) is 17.6 Å². The van der Waals surface area contributed by atoms with Crippen molar-refractivity contribution in [1.29, 1.82) is 0 Å². The summed E-state index contributed by atoms with van der Waals surface area (Å²) >= 11 is 0. The smallest absolute Gasteiger partial charge is 0.327 e. The van der Waals surface area contributed by atoms with Crippen molar-refractivity contribution in [3.05, 3.63) is 54.0 Å². The van der Waals surface area contributed by atoms with E-state index < -0.39 is 17.7 Å². The van der Waals surface area contributed by atoms with Gasteiger partial charge in [0, 0.05) is 0 Å². The van der Waals surface area contributed by atoms with Crippen LogP contribution in [-0.4, -0.2) is 24.3 Å². The Labute approximate surface area is 157 Å². The van der Waals surface area contributed by atoms with Crippen molar-refractivity contribution in [1.82, 2.24) is 16.2 Å². The number of amides is 3. The minimum Gasteiger partial charge on any atom is -0.484 e. The van der Waals surface area contributed by atoms with Crippen LogP contribution < -0.4 is 20.9 Å². The van der Waals surface area contributed by atoms with Gasteiger partial charge in [-0.05, 0) is 35.2 Å². The fourth-order valence-electron chi connectivity index (χ4n) is 2.08. The highest BCUT2D eigenvalue weighted by Gasteiger charge is 2.15. The molecule has 27 heavy (non-hydrogen) atoms. The van der Waals surface area contributed by atoms with Crippen LogP contribution in [0.3, 0.4) is 0 Å². The molecule has 3 amide bonds. The first-order chi connectivity index (χ1) is 12.8. The zero-order chi connectivity index (χ0) is 19.9. The number of carbonyl (C=O) groups excluding carboxylic acids is 3. The van der Waals surface area contributed by atoms with Gasteiger partial charge < -0.3 is 14.5 Å². The van der Waals surface area contributed by atoms with Gasteiger partial charge in [-0.1, -0.05) is 32.9 Å². The summed E-state index contributed by atoms with van der Waals surface area (Å²) in [6, 6.07) is 10.7. The summed E-state index contributed by atoms with van der Waals surface area (Å²) in [4.78, 5) is 34.9. The van der Waals surface area contributed by atoms with Crippen molar-refractivity contribution in [2.45, 2.75) is 32.7 Å². The molecule has 2 aromatic rings. The second-order valence-electron chi connectivity index (χ2n) is 6.83. The third-order valence-electron chi connectivity index (χ3n) is 3.62. The summed E-state index contributed by atoms with van der Waals surface area (Å²) in [5.41, 5.74) is 5.30. The maximum atomic E-state index is 11.7. The number of furan rings is 1. The lowest BCUT2D eigenvalue weighted by Gasteiger charge is -2.19. The minimum absolute atomic E-state index is 0.0255. The summed E-state index contributed by atoms with van der Waals surface area (Å²) < 4.78 is 10.4. The van der Waals surface area contributed by atoms with E-state index in [1.165, 1.54) is 6.26 Å². The molecule has 0 unspecified atom stereocenters. The third-order valence-corrected chi connectivity index (χ3v) is 3.62. The van der Waals surface area contributed by atoms with Gasteiger partial charge in [0.25, 0.3) is 5.91 Å². The monoisotopic (exact) mass is 373 g/mol. The fourth-order valence-corrected chi connectivity index (χ4v) is 2.08. The molecule has 1 aromatic heterocycles. The third kappa shape index (κ3) is 6.50. The molecule has 8 nitrogen and oxygen atoms in total. The Morgan fingerprint density at radius 1 is 1.00 bits per heavy atom. The molecule has 0 saturated carbocycles. The molecule has 0 fully saturated rings. The van der Waals surface area contributed by atoms with Gasteiger partial charge in [-0.2, -0.15) is 0 Å². The SMILES string of the molecule is CC(C)(C)c1ccc(OCC(=O)NNC(=O)C(=O)NCc2ccco2)cc1. The summed E-state index contributed by atoms with van der Waals surface area (Å²) in [5.74, 6) is -1.45. The van der Waals surface area contributed by atoms with Crippen LogP contribution in [0, 0.1) is 0 Å². The van der Waals surface area contributed by atoms with Crippen LogP contribution in [0.4, 0.5) is 0 Å². The van der Waals surface area contributed by atoms with Gasteiger partial charge >= 0.3 is 11.8 Å². The van der Waals surface area contributed by atoms with Gasteiger partial charge in [-0.3, -0.25) is 25.2 Å². The van der Waals surface area contributed by atoms with Crippen LogP contribution in [0.2, 0.25) is 0 Å². The van der Waals surface area contributed by atoms with Gasteiger partial charge in [0.2, 0.25) is 0 Å². The van der Waals surface area contributed by atoms with Crippen LogP contribution in [0.25, 0.3) is 0 Å². The summed E-state index contributed by atoms with van der Waals surface area (Å²) in [6.45, 7) is 6.07. The Balaban J connectivity index is 1.69. The number of hydrazine groups is 1. The number of hydrogen-bond acceptors (Lipinski definition) is 5. The number of ether oxygens (including phenoxy) is 1. The predicted octanol–water partition coefficient (Wildman–Crippen LogP) is 1.42. The first-order valence-corrected chi connectivity index (χ1v) is 8.38. The number of rotatable bonds is 5. The van der Waals surface area contributed by atoms with Crippen LogP contribution in [-0.2, 0) is 26.3 Å². The maximum absolute atomic E-state index is 11.7. The molecule has 0 aliphatic heterocycles. The van der Waals surface area contributed by atoms with Gasteiger partial charge in [0.15, 0.2) is 6.61 Å². The highest BCUT2D eigenvalue weighted by molar-refractivity contribution is 6.35.